The summed E-state index contributed by atoms with van der Waals surface area (Å²) in [6, 6.07) is 11.0. The molecule has 0 aliphatic heterocycles. The van der Waals surface area contributed by atoms with E-state index >= 15 is 0 Å². The van der Waals surface area contributed by atoms with Crippen LogP contribution < -0.4 is 9.62 Å². The second-order valence-corrected chi connectivity index (χ2v) is 10.9. The fraction of sp³-hybridized carbons (Fsp3) is 0.417. The molecule has 0 aliphatic rings. The van der Waals surface area contributed by atoms with E-state index in [0.717, 1.165) is 29.0 Å². The second kappa shape index (κ2) is 12.4. The Balaban J connectivity index is 2.39. The lowest BCUT2D eigenvalue weighted by molar-refractivity contribution is -0.139. The second-order valence-electron chi connectivity index (χ2n) is 8.13. The molecule has 0 radical (unpaired) electrons. The molecule has 2 rings (SSSR count). The molecule has 7 nitrogen and oxygen atoms in total. The van der Waals surface area contributed by atoms with E-state index in [2.05, 4.69) is 5.32 Å². The molecule has 0 fully saturated rings. The highest BCUT2D eigenvalue weighted by atomic mass is 35.5. The van der Waals surface area contributed by atoms with Crippen LogP contribution in [0.25, 0.3) is 0 Å². The maximum atomic E-state index is 13.5. The molecule has 186 valence electrons. The van der Waals surface area contributed by atoms with Crippen molar-refractivity contribution in [3.63, 3.8) is 0 Å². The minimum Gasteiger partial charge on any atom is -0.354 e. The number of unbranched alkanes of at least 4 members (excludes halogenated alkanes) is 1. The molecule has 1 N–H and O–H groups in total. The van der Waals surface area contributed by atoms with Gasteiger partial charge in [0.2, 0.25) is 21.8 Å². The zero-order valence-corrected chi connectivity index (χ0v) is 22.2. The van der Waals surface area contributed by atoms with E-state index in [0.29, 0.717) is 27.8 Å². The molecule has 2 aromatic rings. The number of anilines is 1. The van der Waals surface area contributed by atoms with E-state index in [1.807, 2.05) is 6.92 Å². The number of nitrogens with zero attached hydrogens (tertiary/aromatic N) is 2. The summed E-state index contributed by atoms with van der Waals surface area (Å²) in [5.41, 5.74) is 1.57. The number of hydrogen-bond acceptors (Lipinski definition) is 4. The minimum atomic E-state index is -3.82. The van der Waals surface area contributed by atoms with E-state index in [1.165, 1.54) is 4.90 Å². The van der Waals surface area contributed by atoms with Gasteiger partial charge in [-0.05, 0) is 55.7 Å². The number of rotatable bonds is 11. The molecule has 0 spiro atoms. The largest absolute Gasteiger partial charge is 0.354 e. The Kier molecular flexibility index (Phi) is 10.2. The third-order valence-electron chi connectivity index (χ3n) is 5.43. The quantitative estimate of drug-likeness (QED) is 0.438. The highest BCUT2D eigenvalue weighted by Crippen LogP contribution is 2.28. The van der Waals surface area contributed by atoms with Gasteiger partial charge in [-0.1, -0.05) is 54.7 Å². The molecule has 0 unspecified atom stereocenters. The number of hydrogen-bond donors (Lipinski definition) is 1. The number of sulfonamides is 1. The van der Waals surface area contributed by atoms with Crippen LogP contribution in [0.2, 0.25) is 10.0 Å². The summed E-state index contributed by atoms with van der Waals surface area (Å²) in [5.74, 6) is -0.836. The first kappa shape index (κ1) is 28.0. The SMILES string of the molecule is CCCCNC(=O)[C@@H](C)N(Cc1cccc(Cl)c1)C(=O)CN(c1cccc(Cl)c1C)S(C)(=O)=O. The minimum absolute atomic E-state index is 0.0912. The lowest BCUT2D eigenvalue weighted by Gasteiger charge is -2.32. The molecule has 1 atom stereocenters. The van der Waals surface area contributed by atoms with Crippen LogP contribution >= 0.6 is 23.2 Å². The zero-order chi connectivity index (χ0) is 25.5. The molecule has 34 heavy (non-hydrogen) atoms. The third-order valence-corrected chi connectivity index (χ3v) is 7.20. The third kappa shape index (κ3) is 7.61. The summed E-state index contributed by atoms with van der Waals surface area (Å²) >= 11 is 12.3. The Bertz CT molecular complexity index is 1120. The standard InChI is InChI=1S/C24H31Cl2N3O4S/c1-5-6-13-27-24(31)18(3)28(15-19-9-7-10-20(25)14-19)23(30)16-29(34(4,32)33)22-12-8-11-21(26)17(22)2/h7-12,14,18H,5-6,13,15-16H2,1-4H3,(H,27,31)/t18-/m1/s1. The Morgan fingerprint density at radius 1 is 1.12 bits per heavy atom. The van der Waals surface area contributed by atoms with Crippen molar-refractivity contribution < 1.29 is 18.0 Å². The van der Waals surface area contributed by atoms with Crippen molar-refractivity contribution >= 4 is 50.7 Å². The number of halogens is 2. The Labute approximate surface area is 212 Å². The van der Waals surface area contributed by atoms with Gasteiger partial charge in [-0.15, -0.1) is 0 Å². The van der Waals surface area contributed by atoms with Crippen LogP contribution in [0.4, 0.5) is 5.69 Å². The molecular formula is C24H31Cl2N3O4S. The van der Waals surface area contributed by atoms with E-state index in [9.17, 15) is 18.0 Å². The molecule has 2 aromatic carbocycles. The van der Waals surface area contributed by atoms with Crippen molar-refractivity contribution in [3.8, 4) is 0 Å². The maximum Gasteiger partial charge on any atom is 0.244 e. The van der Waals surface area contributed by atoms with E-state index < -0.39 is 28.5 Å². The Hall–Kier alpha value is -2.29. The molecule has 2 amide bonds. The first-order valence-corrected chi connectivity index (χ1v) is 13.6. The van der Waals surface area contributed by atoms with Crippen molar-refractivity contribution in [2.45, 2.75) is 46.2 Å². The maximum absolute atomic E-state index is 13.5. The van der Waals surface area contributed by atoms with Crippen molar-refractivity contribution in [2.24, 2.45) is 0 Å². The summed E-state index contributed by atoms with van der Waals surface area (Å²) in [4.78, 5) is 27.7. The summed E-state index contributed by atoms with van der Waals surface area (Å²) in [6.45, 7) is 5.44. The van der Waals surface area contributed by atoms with Gasteiger partial charge >= 0.3 is 0 Å². The predicted molar refractivity (Wildman–Crippen MR) is 138 cm³/mol. The van der Waals surface area contributed by atoms with Crippen LogP contribution in [0.3, 0.4) is 0 Å². The number of amides is 2. The highest BCUT2D eigenvalue weighted by molar-refractivity contribution is 7.92. The van der Waals surface area contributed by atoms with Gasteiger partial charge in [0, 0.05) is 23.1 Å². The van der Waals surface area contributed by atoms with Crippen LogP contribution in [-0.2, 0) is 26.2 Å². The van der Waals surface area contributed by atoms with Gasteiger partial charge in [0.05, 0.1) is 11.9 Å². The predicted octanol–water partition coefficient (Wildman–Crippen LogP) is 4.40. The van der Waals surface area contributed by atoms with Crippen molar-refractivity contribution in [1.82, 2.24) is 10.2 Å². The molecule has 0 saturated carbocycles. The van der Waals surface area contributed by atoms with Gasteiger partial charge in [-0.2, -0.15) is 0 Å². The first-order chi connectivity index (χ1) is 16.0. The van der Waals surface area contributed by atoms with E-state index in [4.69, 9.17) is 23.2 Å². The Morgan fingerprint density at radius 3 is 2.41 bits per heavy atom. The van der Waals surface area contributed by atoms with Crippen molar-refractivity contribution in [1.29, 1.82) is 0 Å². The molecular weight excluding hydrogens is 497 g/mol. The molecule has 0 saturated heterocycles. The van der Waals surface area contributed by atoms with Crippen LogP contribution in [0.15, 0.2) is 42.5 Å². The van der Waals surface area contributed by atoms with Crippen LogP contribution in [0.1, 0.15) is 37.8 Å². The zero-order valence-electron chi connectivity index (χ0n) is 19.8. The lowest BCUT2D eigenvalue weighted by Crippen LogP contribution is -2.51. The summed E-state index contributed by atoms with van der Waals surface area (Å²) in [7, 11) is -3.82. The molecule has 0 bridgehead atoms. The number of carbonyl (C=O) groups is 2. The molecule has 10 heteroatoms. The van der Waals surface area contributed by atoms with Crippen molar-refractivity contribution in [3.05, 3.63) is 63.6 Å². The van der Waals surface area contributed by atoms with Crippen LogP contribution in [0, 0.1) is 6.92 Å². The summed E-state index contributed by atoms with van der Waals surface area (Å²) < 4.78 is 26.3. The normalized spacial score (nSPS) is 12.2. The Morgan fingerprint density at radius 2 is 1.79 bits per heavy atom. The summed E-state index contributed by atoms with van der Waals surface area (Å²) in [5, 5.41) is 3.72. The van der Waals surface area contributed by atoms with Gasteiger partial charge in [0.25, 0.3) is 0 Å². The van der Waals surface area contributed by atoms with Gasteiger partial charge in [0.15, 0.2) is 0 Å². The molecule has 0 aromatic heterocycles. The van der Waals surface area contributed by atoms with Gasteiger partial charge in [-0.25, -0.2) is 8.42 Å². The average Bonchev–Trinajstić information content (AvgIpc) is 2.76. The average molecular weight is 529 g/mol. The smallest absolute Gasteiger partial charge is 0.244 e. The number of nitrogens with one attached hydrogen (secondary N) is 1. The fourth-order valence-corrected chi connectivity index (χ4v) is 4.69. The van der Waals surface area contributed by atoms with E-state index in [1.54, 1.807) is 56.3 Å². The van der Waals surface area contributed by atoms with Gasteiger partial charge in [0.1, 0.15) is 12.6 Å². The van der Waals surface area contributed by atoms with Crippen LogP contribution in [-0.4, -0.2) is 50.5 Å². The van der Waals surface area contributed by atoms with Crippen molar-refractivity contribution in [2.75, 3.05) is 23.7 Å². The highest BCUT2D eigenvalue weighted by Gasteiger charge is 2.30. The fourth-order valence-electron chi connectivity index (χ4n) is 3.41. The molecule has 0 aliphatic carbocycles. The lowest BCUT2D eigenvalue weighted by atomic mass is 10.1. The molecule has 0 heterocycles. The first-order valence-electron chi connectivity index (χ1n) is 11.0. The van der Waals surface area contributed by atoms with Gasteiger partial charge in [-0.3, -0.25) is 13.9 Å². The summed E-state index contributed by atoms with van der Waals surface area (Å²) in [6.07, 6.45) is 2.77. The topological polar surface area (TPSA) is 86.8 Å². The van der Waals surface area contributed by atoms with Crippen LogP contribution in [0.5, 0.6) is 0 Å². The monoisotopic (exact) mass is 527 g/mol. The number of benzene rings is 2. The van der Waals surface area contributed by atoms with Gasteiger partial charge < -0.3 is 10.2 Å². The number of carbonyl (C=O) groups excluding carboxylic acids is 2. The van der Waals surface area contributed by atoms with E-state index in [-0.39, 0.29) is 12.5 Å².